The quantitative estimate of drug-likeness (QED) is 0.350. The van der Waals surface area contributed by atoms with Gasteiger partial charge in [-0.05, 0) is 84.8 Å². The molecule has 0 aromatic heterocycles. The van der Waals surface area contributed by atoms with Crippen LogP contribution < -0.4 is 15.4 Å². The van der Waals surface area contributed by atoms with Crippen molar-refractivity contribution in [2.24, 2.45) is 5.73 Å². The summed E-state index contributed by atoms with van der Waals surface area (Å²) >= 11 is 0. The zero-order valence-electron chi connectivity index (χ0n) is 21.9. The molecule has 1 saturated heterocycles. The van der Waals surface area contributed by atoms with Crippen LogP contribution in [0.5, 0.6) is 5.75 Å². The van der Waals surface area contributed by atoms with Gasteiger partial charge in [-0.2, -0.15) is 0 Å². The van der Waals surface area contributed by atoms with Crippen LogP contribution in [0.25, 0.3) is 0 Å². The molecule has 0 amide bonds. The monoisotopic (exact) mass is 519 g/mol. The lowest BCUT2D eigenvalue weighted by molar-refractivity contribution is -0.136. The Hall–Kier alpha value is -3.42. The van der Waals surface area contributed by atoms with Gasteiger partial charge in [0, 0.05) is 44.8 Å². The lowest BCUT2D eigenvalue weighted by Crippen LogP contribution is -2.47. The Kier molecular flexibility index (Phi) is 10.1. The van der Waals surface area contributed by atoms with Gasteiger partial charge in [0.15, 0.2) is 0 Å². The molecule has 3 aromatic rings. The van der Waals surface area contributed by atoms with Gasteiger partial charge in [0.05, 0.1) is 0 Å². The van der Waals surface area contributed by atoms with Crippen LogP contribution in [0.4, 0.5) is 10.1 Å². The van der Waals surface area contributed by atoms with Crippen LogP contribution in [0, 0.1) is 5.82 Å². The first-order valence-corrected chi connectivity index (χ1v) is 13.5. The van der Waals surface area contributed by atoms with Crippen molar-refractivity contribution in [3.8, 4) is 5.75 Å². The Morgan fingerprint density at radius 1 is 0.868 bits per heavy atom. The highest BCUT2D eigenvalue weighted by Crippen LogP contribution is 2.22. The molecule has 0 unspecified atom stereocenters. The summed E-state index contributed by atoms with van der Waals surface area (Å²) in [5, 5.41) is 9.07. The summed E-state index contributed by atoms with van der Waals surface area (Å²) in [7, 11) is 0. The lowest BCUT2D eigenvalue weighted by atomic mass is 9.96. The normalized spacial score (nSPS) is 14.0. The molecule has 0 saturated carbocycles. The number of ether oxygens (including phenoxy) is 1. The van der Waals surface area contributed by atoms with Gasteiger partial charge in [-0.15, -0.1) is 0 Å². The zero-order chi connectivity index (χ0) is 26.7. The third kappa shape index (κ3) is 8.30. The number of nitrogens with two attached hydrogens (primary N) is 1. The van der Waals surface area contributed by atoms with E-state index in [1.165, 1.54) is 23.3 Å². The van der Waals surface area contributed by atoms with Crippen LogP contribution in [-0.2, 0) is 30.5 Å². The molecule has 0 radical (unpaired) electrons. The molecule has 0 spiro atoms. The third-order valence-electron chi connectivity index (χ3n) is 7.06. The molecule has 3 N–H and O–H groups in total. The van der Waals surface area contributed by atoms with Crippen molar-refractivity contribution in [2.75, 3.05) is 50.8 Å². The fraction of sp³-hybridized carbons (Fsp3) is 0.387. The number of rotatable bonds is 13. The smallest absolute Gasteiger partial charge is 0.303 e. The van der Waals surface area contributed by atoms with Crippen molar-refractivity contribution in [3.63, 3.8) is 0 Å². The number of benzene rings is 3. The standard InChI is InChI=1S/C31H38FN3O3/c32-28-8-10-29(11-9-28)35-17-15-34(16-18-35)19-20-38-30-4-2-1-3-27(30)7-5-24-21-25(6-12-31(36)37)23-26(22-24)13-14-33/h1-4,8-11,21-23H,5-7,12-20,33H2,(H,36,37). The number of carboxylic acids is 1. The second-order valence-electron chi connectivity index (χ2n) is 9.85. The van der Waals surface area contributed by atoms with Crippen molar-refractivity contribution in [1.29, 1.82) is 0 Å². The van der Waals surface area contributed by atoms with Gasteiger partial charge in [0.25, 0.3) is 0 Å². The average Bonchev–Trinajstić information content (AvgIpc) is 2.92. The minimum atomic E-state index is -0.781. The Morgan fingerprint density at radius 2 is 1.53 bits per heavy atom. The van der Waals surface area contributed by atoms with E-state index in [0.717, 1.165) is 74.6 Å². The first-order chi connectivity index (χ1) is 18.5. The Labute approximate surface area is 224 Å². The summed E-state index contributed by atoms with van der Waals surface area (Å²) in [6, 6.07) is 21.3. The molecule has 38 heavy (non-hydrogen) atoms. The molecule has 1 fully saturated rings. The maximum atomic E-state index is 13.2. The first kappa shape index (κ1) is 27.6. The number of anilines is 1. The van der Waals surface area contributed by atoms with Gasteiger partial charge in [-0.3, -0.25) is 9.69 Å². The molecule has 0 atom stereocenters. The maximum absolute atomic E-state index is 13.2. The van der Waals surface area contributed by atoms with Crippen LogP contribution in [-0.4, -0.2) is 61.9 Å². The molecule has 3 aromatic carbocycles. The van der Waals surface area contributed by atoms with Crippen LogP contribution in [0.2, 0.25) is 0 Å². The van der Waals surface area contributed by atoms with Crippen LogP contribution in [0.15, 0.2) is 66.7 Å². The summed E-state index contributed by atoms with van der Waals surface area (Å²) < 4.78 is 19.4. The summed E-state index contributed by atoms with van der Waals surface area (Å²) in [6.07, 6.45) is 3.13. The first-order valence-electron chi connectivity index (χ1n) is 13.5. The number of carbonyl (C=O) groups is 1. The molecule has 202 valence electrons. The summed E-state index contributed by atoms with van der Waals surface area (Å²) in [6.45, 7) is 5.79. The van der Waals surface area contributed by atoms with E-state index >= 15 is 0 Å². The van der Waals surface area contributed by atoms with Gasteiger partial charge < -0.3 is 20.5 Å². The van der Waals surface area contributed by atoms with E-state index in [1.807, 2.05) is 30.3 Å². The molecular formula is C31H38FN3O3. The lowest BCUT2D eigenvalue weighted by Gasteiger charge is -2.36. The van der Waals surface area contributed by atoms with E-state index in [0.29, 0.717) is 19.6 Å². The Balaban J connectivity index is 1.28. The van der Waals surface area contributed by atoms with Crippen molar-refractivity contribution in [3.05, 3.63) is 94.8 Å². The molecule has 1 aliphatic heterocycles. The minimum absolute atomic E-state index is 0.128. The van der Waals surface area contributed by atoms with E-state index in [-0.39, 0.29) is 12.2 Å². The number of piperazine rings is 1. The molecular weight excluding hydrogens is 481 g/mol. The maximum Gasteiger partial charge on any atom is 0.303 e. The Morgan fingerprint density at radius 3 is 2.21 bits per heavy atom. The van der Waals surface area contributed by atoms with Crippen LogP contribution in [0.3, 0.4) is 0 Å². The van der Waals surface area contributed by atoms with Crippen molar-refractivity contribution in [1.82, 2.24) is 4.90 Å². The Bertz CT molecular complexity index is 1180. The fourth-order valence-corrected chi connectivity index (χ4v) is 4.99. The van der Waals surface area contributed by atoms with E-state index in [4.69, 9.17) is 15.6 Å². The number of hydrogen-bond donors (Lipinski definition) is 2. The summed E-state index contributed by atoms with van der Waals surface area (Å²) in [5.41, 5.74) is 11.4. The van der Waals surface area contributed by atoms with E-state index in [1.54, 1.807) is 0 Å². The number of hydrogen-bond acceptors (Lipinski definition) is 5. The topological polar surface area (TPSA) is 79.0 Å². The number of para-hydroxylation sites is 1. The molecule has 6 nitrogen and oxygen atoms in total. The van der Waals surface area contributed by atoms with Crippen molar-refractivity contribution >= 4 is 11.7 Å². The SMILES string of the molecule is NCCc1cc(CCC(=O)O)cc(CCc2ccccc2OCCN2CCN(c3ccc(F)cc3)CC2)c1. The molecule has 7 heteroatoms. The third-order valence-corrected chi connectivity index (χ3v) is 7.06. The summed E-state index contributed by atoms with van der Waals surface area (Å²) in [4.78, 5) is 15.7. The van der Waals surface area contributed by atoms with Gasteiger partial charge in [0.1, 0.15) is 18.2 Å². The van der Waals surface area contributed by atoms with Crippen molar-refractivity contribution < 1.29 is 19.0 Å². The second kappa shape index (κ2) is 13.9. The number of carboxylic acid groups (broad SMARTS) is 1. The largest absolute Gasteiger partial charge is 0.492 e. The highest BCUT2D eigenvalue weighted by atomic mass is 19.1. The predicted molar refractivity (Wildman–Crippen MR) is 150 cm³/mol. The van der Waals surface area contributed by atoms with Gasteiger partial charge in [-0.25, -0.2) is 4.39 Å². The molecule has 1 heterocycles. The fourth-order valence-electron chi connectivity index (χ4n) is 4.99. The number of aryl methyl sites for hydroxylation is 3. The molecule has 0 aliphatic carbocycles. The molecule has 1 aliphatic rings. The highest BCUT2D eigenvalue weighted by Gasteiger charge is 2.17. The van der Waals surface area contributed by atoms with E-state index in [9.17, 15) is 9.18 Å². The highest BCUT2D eigenvalue weighted by molar-refractivity contribution is 5.67. The number of aliphatic carboxylic acids is 1. The van der Waals surface area contributed by atoms with Gasteiger partial charge in [-0.1, -0.05) is 36.4 Å². The number of halogens is 1. The molecule has 4 rings (SSSR count). The second-order valence-corrected chi connectivity index (χ2v) is 9.85. The van der Waals surface area contributed by atoms with E-state index in [2.05, 4.69) is 34.1 Å². The average molecular weight is 520 g/mol. The minimum Gasteiger partial charge on any atom is -0.492 e. The van der Waals surface area contributed by atoms with Crippen molar-refractivity contribution in [2.45, 2.75) is 32.1 Å². The van der Waals surface area contributed by atoms with Gasteiger partial charge >= 0.3 is 5.97 Å². The molecule has 0 bridgehead atoms. The summed E-state index contributed by atoms with van der Waals surface area (Å²) in [5.74, 6) is -0.0660. The predicted octanol–water partition coefficient (Wildman–Crippen LogP) is 4.33. The van der Waals surface area contributed by atoms with Crippen LogP contribution in [0.1, 0.15) is 28.7 Å². The van der Waals surface area contributed by atoms with E-state index < -0.39 is 5.97 Å². The number of nitrogens with zero attached hydrogens (tertiary/aromatic N) is 2. The van der Waals surface area contributed by atoms with Gasteiger partial charge in [0.2, 0.25) is 0 Å². The van der Waals surface area contributed by atoms with Crippen LogP contribution >= 0.6 is 0 Å². The zero-order valence-corrected chi connectivity index (χ0v) is 21.9.